The summed E-state index contributed by atoms with van der Waals surface area (Å²) in [7, 11) is 0. The first-order valence-corrected chi connectivity index (χ1v) is 5.25. The molecule has 0 aliphatic rings. The minimum absolute atomic E-state index is 0.0470. The number of pyridine rings is 2. The van der Waals surface area contributed by atoms with Crippen LogP contribution in [0.3, 0.4) is 0 Å². The second kappa shape index (κ2) is 4.31. The van der Waals surface area contributed by atoms with E-state index in [-0.39, 0.29) is 5.56 Å². The Bertz CT molecular complexity index is 558. The third kappa shape index (κ3) is 2.19. The number of rotatable bonds is 2. The van der Waals surface area contributed by atoms with Gasteiger partial charge >= 0.3 is 0 Å². The quantitative estimate of drug-likeness (QED) is 0.765. The molecule has 0 atom stereocenters. The fraction of sp³-hybridized carbons (Fsp3) is 0.231. The summed E-state index contributed by atoms with van der Waals surface area (Å²) >= 11 is 0. The van der Waals surface area contributed by atoms with Gasteiger partial charge in [-0.3, -0.25) is 9.78 Å². The lowest BCUT2D eigenvalue weighted by molar-refractivity contribution is 0.731. The van der Waals surface area contributed by atoms with E-state index in [0.29, 0.717) is 6.54 Å². The Morgan fingerprint density at radius 2 is 2.00 bits per heavy atom. The molecule has 3 heteroatoms. The summed E-state index contributed by atoms with van der Waals surface area (Å²) in [6.45, 7) is 4.30. The SMILES string of the molecule is Cc1cccc(Cn2cccc(C)c2=O)n1. The molecule has 2 rings (SSSR count). The molecule has 2 aromatic rings. The van der Waals surface area contributed by atoms with Gasteiger partial charge in [-0.05, 0) is 32.0 Å². The van der Waals surface area contributed by atoms with E-state index in [1.807, 2.05) is 44.2 Å². The molecule has 82 valence electrons. The van der Waals surface area contributed by atoms with E-state index in [4.69, 9.17) is 0 Å². The van der Waals surface area contributed by atoms with E-state index in [0.717, 1.165) is 17.0 Å². The number of aromatic nitrogens is 2. The standard InChI is InChI=1S/C13H14N2O/c1-10-5-4-8-15(13(10)16)9-12-7-3-6-11(2)14-12/h3-8H,9H2,1-2H3. The molecule has 0 bridgehead atoms. The van der Waals surface area contributed by atoms with Crippen LogP contribution in [0.5, 0.6) is 0 Å². The Morgan fingerprint density at radius 1 is 1.19 bits per heavy atom. The smallest absolute Gasteiger partial charge is 0.253 e. The lowest BCUT2D eigenvalue weighted by atomic mass is 10.3. The maximum Gasteiger partial charge on any atom is 0.253 e. The van der Waals surface area contributed by atoms with Crippen LogP contribution in [-0.4, -0.2) is 9.55 Å². The van der Waals surface area contributed by atoms with Crippen molar-refractivity contribution in [2.75, 3.05) is 0 Å². The van der Waals surface area contributed by atoms with Gasteiger partial charge in [0.15, 0.2) is 0 Å². The summed E-state index contributed by atoms with van der Waals surface area (Å²) in [4.78, 5) is 16.2. The van der Waals surface area contributed by atoms with Gasteiger partial charge in [-0.15, -0.1) is 0 Å². The third-order valence-corrected chi connectivity index (χ3v) is 2.49. The summed E-state index contributed by atoms with van der Waals surface area (Å²) in [5.74, 6) is 0. The first kappa shape index (κ1) is 10.6. The molecule has 16 heavy (non-hydrogen) atoms. The monoisotopic (exact) mass is 214 g/mol. The first-order chi connectivity index (χ1) is 7.66. The van der Waals surface area contributed by atoms with E-state index in [9.17, 15) is 4.79 Å². The van der Waals surface area contributed by atoms with Gasteiger partial charge in [0, 0.05) is 17.5 Å². The predicted molar refractivity (Wildman–Crippen MR) is 63.5 cm³/mol. The minimum Gasteiger partial charge on any atom is -0.309 e. The highest BCUT2D eigenvalue weighted by Crippen LogP contribution is 2.00. The van der Waals surface area contributed by atoms with Crippen LogP contribution >= 0.6 is 0 Å². The fourth-order valence-corrected chi connectivity index (χ4v) is 1.64. The molecule has 0 radical (unpaired) electrons. The molecular weight excluding hydrogens is 200 g/mol. The van der Waals surface area contributed by atoms with Crippen molar-refractivity contribution in [3.05, 3.63) is 63.8 Å². The number of aryl methyl sites for hydroxylation is 2. The summed E-state index contributed by atoms with van der Waals surface area (Å²) in [6.07, 6.45) is 1.79. The van der Waals surface area contributed by atoms with Crippen LogP contribution in [-0.2, 0) is 6.54 Å². The predicted octanol–water partition coefficient (Wildman–Crippen LogP) is 1.91. The topological polar surface area (TPSA) is 34.9 Å². The molecule has 0 saturated carbocycles. The summed E-state index contributed by atoms with van der Waals surface area (Å²) < 4.78 is 1.68. The van der Waals surface area contributed by atoms with E-state index in [1.54, 1.807) is 10.8 Å². The van der Waals surface area contributed by atoms with Crippen LogP contribution in [0.25, 0.3) is 0 Å². The van der Waals surface area contributed by atoms with E-state index >= 15 is 0 Å². The van der Waals surface area contributed by atoms with Gasteiger partial charge in [-0.25, -0.2) is 0 Å². The molecule has 0 saturated heterocycles. The Morgan fingerprint density at radius 3 is 2.75 bits per heavy atom. The van der Waals surface area contributed by atoms with Crippen LogP contribution in [0.4, 0.5) is 0 Å². The summed E-state index contributed by atoms with van der Waals surface area (Å²) in [5.41, 5.74) is 2.69. The molecule has 0 unspecified atom stereocenters. The van der Waals surface area contributed by atoms with Gasteiger partial charge < -0.3 is 4.57 Å². The summed E-state index contributed by atoms with van der Waals surface area (Å²) in [5, 5.41) is 0. The Hall–Kier alpha value is -1.90. The lowest BCUT2D eigenvalue weighted by Gasteiger charge is -2.06. The second-order valence-electron chi connectivity index (χ2n) is 3.89. The van der Waals surface area contributed by atoms with Crippen LogP contribution < -0.4 is 5.56 Å². The molecule has 0 N–H and O–H groups in total. The van der Waals surface area contributed by atoms with Crippen molar-refractivity contribution in [3.63, 3.8) is 0 Å². The average molecular weight is 214 g/mol. The highest BCUT2D eigenvalue weighted by atomic mass is 16.1. The van der Waals surface area contributed by atoms with Crippen molar-refractivity contribution >= 4 is 0 Å². The molecule has 0 aromatic carbocycles. The maximum absolute atomic E-state index is 11.8. The number of nitrogens with zero attached hydrogens (tertiary/aromatic N) is 2. The van der Waals surface area contributed by atoms with Crippen LogP contribution in [0.15, 0.2) is 41.3 Å². The lowest BCUT2D eigenvalue weighted by Crippen LogP contribution is -2.22. The van der Waals surface area contributed by atoms with Crippen molar-refractivity contribution in [1.29, 1.82) is 0 Å². The van der Waals surface area contributed by atoms with E-state index in [1.165, 1.54) is 0 Å². The van der Waals surface area contributed by atoms with Crippen molar-refractivity contribution in [3.8, 4) is 0 Å². The van der Waals surface area contributed by atoms with Crippen LogP contribution in [0.2, 0.25) is 0 Å². The molecule has 2 aromatic heterocycles. The van der Waals surface area contributed by atoms with Gasteiger partial charge in [-0.1, -0.05) is 12.1 Å². The first-order valence-electron chi connectivity index (χ1n) is 5.25. The van der Waals surface area contributed by atoms with Gasteiger partial charge in [-0.2, -0.15) is 0 Å². The minimum atomic E-state index is 0.0470. The molecule has 2 heterocycles. The molecule has 3 nitrogen and oxygen atoms in total. The Balaban J connectivity index is 2.34. The molecule has 0 spiro atoms. The van der Waals surface area contributed by atoms with Gasteiger partial charge in [0.2, 0.25) is 0 Å². The van der Waals surface area contributed by atoms with Crippen molar-refractivity contribution in [2.45, 2.75) is 20.4 Å². The highest BCUT2D eigenvalue weighted by Gasteiger charge is 2.00. The molecule has 0 aliphatic heterocycles. The normalized spacial score (nSPS) is 10.4. The molecule has 0 amide bonds. The molecule has 0 fully saturated rings. The average Bonchev–Trinajstić information content (AvgIpc) is 2.25. The Kier molecular flexibility index (Phi) is 2.86. The number of hydrogen-bond acceptors (Lipinski definition) is 2. The largest absolute Gasteiger partial charge is 0.309 e. The Labute approximate surface area is 94.4 Å². The van der Waals surface area contributed by atoms with Gasteiger partial charge in [0.05, 0.1) is 12.2 Å². The van der Waals surface area contributed by atoms with Gasteiger partial charge in [0.1, 0.15) is 0 Å². The van der Waals surface area contributed by atoms with Crippen molar-refractivity contribution in [2.24, 2.45) is 0 Å². The van der Waals surface area contributed by atoms with Crippen LogP contribution in [0, 0.1) is 13.8 Å². The molecule has 0 aliphatic carbocycles. The maximum atomic E-state index is 11.8. The summed E-state index contributed by atoms with van der Waals surface area (Å²) in [6, 6.07) is 9.54. The zero-order valence-electron chi connectivity index (χ0n) is 9.47. The van der Waals surface area contributed by atoms with E-state index < -0.39 is 0 Å². The third-order valence-electron chi connectivity index (χ3n) is 2.49. The second-order valence-corrected chi connectivity index (χ2v) is 3.89. The highest BCUT2D eigenvalue weighted by molar-refractivity contribution is 5.13. The van der Waals surface area contributed by atoms with Crippen molar-refractivity contribution in [1.82, 2.24) is 9.55 Å². The van der Waals surface area contributed by atoms with E-state index in [2.05, 4.69) is 4.98 Å². The van der Waals surface area contributed by atoms with Gasteiger partial charge in [0.25, 0.3) is 5.56 Å². The fourth-order valence-electron chi connectivity index (χ4n) is 1.64. The number of hydrogen-bond donors (Lipinski definition) is 0. The van der Waals surface area contributed by atoms with Crippen molar-refractivity contribution < 1.29 is 0 Å². The zero-order valence-corrected chi connectivity index (χ0v) is 9.47. The zero-order chi connectivity index (χ0) is 11.5. The van der Waals surface area contributed by atoms with Crippen LogP contribution in [0.1, 0.15) is 17.0 Å². The molecular formula is C13H14N2O.